The minimum absolute atomic E-state index is 0.106. The van der Waals surface area contributed by atoms with Gasteiger partial charge in [-0.2, -0.15) is 5.26 Å². The van der Waals surface area contributed by atoms with Crippen LogP contribution in [-0.4, -0.2) is 40.9 Å². The molecule has 0 unspecified atom stereocenters. The third-order valence-corrected chi connectivity index (χ3v) is 4.43. The molecule has 0 bridgehead atoms. The van der Waals surface area contributed by atoms with Gasteiger partial charge in [-0.25, -0.2) is 4.79 Å². The first-order valence-electron chi connectivity index (χ1n) is 8.12. The number of carbonyl (C=O) groups excluding carboxylic acids is 2. The van der Waals surface area contributed by atoms with E-state index in [0.29, 0.717) is 12.8 Å². The van der Waals surface area contributed by atoms with Crippen LogP contribution in [0.1, 0.15) is 32.3 Å². The molecule has 7 nitrogen and oxygen atoms in total. The fourth-order valence-electron chi connectivity index (χ4n) is 3.02. The Balaban J connectivity index is 1.64. The lowest BCUT2D eigenvalue weighted by Gasteiger charge is -2.39. The van der Waals surface area contributed by atoms with Crippen LogP contribution in [0, 0.1) is 11.3 Å². The summed E-state index contributed by atoms with van der Waals surface area (Å²) in [7, 11) is 0. The number of nitrogens with one attached hydrogen (secondary N) is 1. The van der Waals surface area contributed by atoms with Crippen molar-refractivity contribution in [2.45, 2.75) is 50.7 Å². The molecule has 2 aliphatic rings. The van der Waals surface area contributed by atoms with Crippen molar-refractivity contribution in [3.8, 4) is 17.6 Å². The maximum absolute atomic E-state index is 12.4. The van der Waals surface area contributed by atoms with Gasteiger partial charge in [-0.15, -0.1) is 13.2 Å². The number of nitrogens with zero attached hydrogens (tertiary/aromatic N) is 2. The van der Waals surface area contributed by atoms with Gasteiger partial charge in [0.2, 0.25) is 0 Å². The SMILES string of the molecule is CC1(C)NC(=O)N([C@H]2C[C@@H](Oc3ccc(C#N)c(OC(F)(F)F)c3)C2)C1=O. The molecule has 10 heteroatoms. The minimum Gasteiger partial charge on any atom is -0.490 e. The molecule has 1 aromatic rings. The molecule has 1 aromatic carbocycles. The average Bonchev–Trinajstić information content (AvgIpc) is 2.70. The maximum atomic E-state index is 12.4. The highest BCUT2D eigenvalue weighted by Gasteiger charge is 2.50. The van der Waals surface area contributed by atoms with Gasteiger partial charge in [0, 0.05) is 24.9 Å². The zero-order valence-corrected chi connectivity index (χ0v) is 14.5. The Morgan fingerprint density at radius 3 is 2.48 bits per heavy atom. The van der Waals surface area contributed by atoms with E-state index in [1.54, 1.807) is 19.9 Å². The topological polar surface area (TPSA) is 91.7 Å². The van der Waals surface area contributed by atoms with Crippen molar-refractivity contribution in [1.82, 2.24) is 10.2 Å². The molecule has 1 saturated heterocycles. The van der Waals surface area contributed by atoms with E-state index in [1.807, 2.05) is 0 Å². The first-order chi connectivity index (χ1) is 12.5. The van der Waals surface area contributed by atoms with Crippen LogP contribution >= 0.6 is 0 Å². The van der Waals surface area contributed by atoms with E-state index in [1.165, 1.54) is 12.1 Å². The molecule has 2 fully saturated rings. The number of hydrogen-bond donors (Lipinski definition) is 1. The predicted octanol–water partition coefficient (Wildman–Crippen LogP) is 2.70. The lowest BCUT2D eigenvalue weighted by Crippen LogP contribution is -2.52. The molecule has 1 N–H and O–H groups in total. The van der Waals surface area contributed by atoms with Gasteiger partial charge in [-0.05, 0) is 26.0 Å². The molecular formula is C17H16F3N3O4. The second kappa shape index (κ2) is 6.33. The number of hydrogen-bond acceptors (Lipinski definition) is 5. The highest BCUT2D eigenvalue weighted by molar-refractivity contribution is 6.06. The van der Waals surface area contributed by atoms with Gasteiger partial charge in [0.15, 0.2) is 5.75 Å². The number of amides is 3. The van der Waals surface area contributed by atoms with E-state index >= 15 is 0 Å². The molecule has 1 heterocycles. The Bertz CT molecular complexity index is 826. The van der Waals surface area contributed by atoms with Crippen LogP contribution in [-0.2, 0) is 4.79 Å². The molecule has 27 heavy (non-hydrogen) atoms. The first-order valence-corrected chi connectivity index (χ1v) is 8.12. The number of benzene rings is 1. The smallest absolute Gasteiger partial charge is 0.490 e. The lowest BCUT2D eigenvalue weighted by atomic mass is 9.87. The molecule has 0 aromatic heterocycles. The van der Waals surface area contributed by atoms with Crippen LogP contribution in [0.3, 0.4) is 0 Å². The van der Waals surface area contributed by atoms with Gasteiger partial charge in [0.05, 0.1) is 5.56 Å². The molecule has 3 amide bonds. The van der Waals surface area contributed by atoms with Crippen molar-refractivity contribution in [1.29, 1.82) is 5.26 Å². The number of ether oxygens (including phenoxy) is 2. The van der Waals surface area contributed by atoms with Crippen LogP contribution in [0.2, 0.25) is 0 Å². The van der Waals surface area contributed by atoms with Crippen molar-refractivity contribution in [2.75, 3.05) is 0 Å². The first kappa shape index (κ1) is 18.8. The second-order valence-electron chi connectivity index (χ2n) is 6.91. The van der Waals surface area contributed by atoms with Crippen molar-refractivity contribution >= 4 is 11.9 Å². The van der Waals surface area contributed by atoms with Crippen LogP contribution in [0.5, 0.6) is 11.5 Å². The van der Waals surface area contributed by atoms with Gasteiger partial charge >= 0.3 is 12.4 Å². The molecule has 0 atom stereocenters. The Morgan fingerprint density at radius 1 is 1.30 bits per heavy atom. The van der Waals surface area contributed by atoms with Crippen molar-refractivity contribution in [3.63, 3.8) is 0 Å². The van der Waals surface area contributed by atoms with Gasteiger partial charge in [0.25, 0.3) is 5.91 Å². The Labute approximate surface area is 152 Å². The standard InChI is InChI=1S/C17H16F3N3O4/c1-16(2)14(24)23(15(25)22-16)10-5-12(6-10)26-11-4-3-9(8-21)13(7-11)27-17(18,19)20/h3-4,7,10,12H,5-6H2,1-2H3,(H,22,25)/t10-,12+. The quantitative estimate of drug-likeness (QED) is 0.808. The summed E-state index contributed by atoms with van der Waals surface area (Å²) >= 11 is 0. The van der Waals surface area contributed by atoms with Crippen LogP contribution in [0.4, 0.5) is 18.0 Å². The van der Waals surface area contributed by atoms with E-state index in [4.69, 9.17) is 10.00 Å². The molecule has 3 rings (SSSR count). The van der Waals surface area contributed by atoms with Gasteiger partial charge in [-0.1, -0.05) is 0 Å². The summed E-state index contributed by atoms with van der Waals surface area (Å²) in [4.78, 5) is 25.3. The summed E-state index contributed by atoms with van der Waals surface area (Å²) in [5.41, 5.74) is -1.23. The molecule has 0 radical (unpaired) electrons. The number of rotatable bonds is 4. The molecule has 1 aliphatic heterocycles. The molecular weight excluding hydrogens is 367 g/mol. The minimum atomic E-state index is -4.93. The fourth-order valence-corrected chi connectivity index (χ4v) is 3.02. The summed E-state index contributed by atoms with van der Waals surface area (Å²) in [6.45, 7) is 3.22. The average molecular weight is 383 g/mol. The number of alkyl halides is 3. The number of halogens is 3. The zero-order chi connectivity index (χ0) is 20.0. The van der Waals surface area contributed by atoms with Crippen LogP contribution < -0.4 is 14.8 Å². The number of nitriles is 1. The summed E-state index contributed by atoms with van der Waals surface area (Å²) in [5, 5.41) is 11.5. The van der Waals surface area contributed by atoms with E-state index < -0.39 is 23.7 Å². The van der Waals surface area contributed by atoms with Gasteiger partial charge in [0.1, 0.15) is 23.5 Å². The maximum Gasteiger partial charge on any atom is 0.573 e. The summed E-state index contributed by atoms with van der Waals surface area (Å²) in [5.74, 6) is -0.862. The molecule has 1 aliphatic carbocycles. The Hall–Kier alpha value is -2.96. The monoisotopic (exact) mass is 383 g/mol. The van der Waals surface area contributed by atoms with Gasteiger partial charge < -0.3 is 14.8 Å². The fraction of sp³-hybridized carbons (Fsp3) is 0.471. The van der Waals surface area contributed by atoms with Gasteiger partial charge in [-0.3, -0.25) is 9.69 Å². The third-order valence-electron chi connectivity index (χ3n) is 4.43. The van der Waals surface area contributed by atoms with Crippen LogP contribution in [0.25, 0.3) is 0 Å². The number of urea groups is 1. The third kappa shape index (κ3) is 3.77. The molecule has 144 valence electrons. The van der Waals surface area contributed by atoms with E-state index in [-0.39, 0.29) is 29.4 Å². The summed E-state index contributed by atoms with van der Waals surface area (Å²) in [6, 6.07) is 4.36. The summed E-state index contributed by atoms with van der Waals surface area (Å²) < 4.78 is 46.8. The Morgan fingerprint density at radius 2 is 1.96 bits per heavy atom. The van der Waals surface area contributed by atoms with Crippen molar-refractivity contribution in [2.24, 2.45) is 0 Å². The van der Waals surface area contributed by atoms with E-state index in [0.717, 1.165) is 11.0 Å². The largest absolute Gasteiger partial charge is 0.573 e. The lowest BCUT2D eigenvalue weighted by molar-refractivity contribution is -0.274. The van der Waals surface area contributed by atoms with E-state index in [9.17, 15) is 22.8 Å². The highest BCUT2D eigenvalue weighted by Crippen LogP contribution is 2.35. The Kier molecular flexibility index (Phi) is 4.41. The zero-order valence-electron chi connectivity index (χ0n) is 14.5. The highest BCUT2D eigenvalue weighted by atomic mass is 19.4. The second-order valence-corrected chi connectivity index (χ2v) is 6.91. The summed E-state index contributed by atoms with van der Waals surface area (Å²) in [6.07, 6.45) is -4.57. The van der Waals surface area contributed by atoms with Crippen molar-refractivity contribution in [3.05, 3.63) is 23.8 Å². The molecule has 1 saturated carbocycles. The predicted molar refractivity (Wildman–Crippen MR) is 84.7 cm³/mol. The number of imide groups is 1. The molecule has 0 spiro atoms. The normalized spacial score (nSPS) is 24.1. The van der Waals surface area contributed by atoms with Crippen LogP contribution in [0.15, 0.2) is 18.2 Å². The van der Waals surface area contributed by atoms with Crippen molar-refractivity contribution < 1.29 is 32.2 Å². The number of carbonyl (C=O) groups is 2. The van der Waals surface area contributed by atoms with E-state index in [2.05, 4.69) is 10.1 Å².